The van der Waals surface area contributed by atoms with Crippen LogP contribution >= 0.6 is 27.5 Å². The van der Waals surface area contributed by atoms with Crippen LogP contribution in [0, 0.1) is 5.92 Å². The molecular formula is C26H24BrClN2O4. The summed E-state index contributed by atoms with van der Waals surface area (Å²) >= 11 is 9.70. The third-order valence-corrected chi connectivity index (χ3v) is 7.95. The summed E-state index contributed by atoms with van der Waals surface area (Å²) in [5.41, 5.74) is -4.07. The Morgan fingerprint density at radius 2 is 1.76 bits per heavy atom. The predicted molar refractivity (Wildman–Crippen MR) is 132 cm³/mol. The molecule has 1 aliphatic heterocycles. The molecule has 3 aromatic rings. The van der Waals surface area contributed by atoms with Crippen molar-refractivity contribution >= 4 is 33.4 Å². The van der Waals surface area contributed by atoms with E-state index in [1.54, 1.807) is 20.2 Å². The summed E-state index contributed by atoms with van der Waals surface area (Å²) in [6.45, 7) is 1.49. The van der Waals surface area contributed by atoms with Gasteiger partial charge in [0.25, 0.3) is 0 Å². The molecule has 2 aliphatic rings. The van der Waals surface area contributed by atoms with Crippen LogP contribution in [-0.2, 0) is 16.0 Å². The number of aromatic nitrogens is 1. The van der Waals surface area contributed by atoms with Gasteiger partial charge in [0.05, 0.1) is 10.9 Å². The highest BCUT2D eigenvalue weighted by Gasteiger charge is 2.82. The topological polar surface area (TPSA) is 82.9 Å². The fourth-order valence-corrected chi connectivity index (χ4v) is 6.19. The van der Waals surface area contributed by atoms with Gasteiger partial charge in [-0.25, -0.2) is 0 Å². The van der Waals surface area contributed by atoms with E-state index in [0.717, 1.165) is 10.0 Å². The predicted octanol–water partition coefficient (Wildman–Crippen LogP) is 4.23. The molecule has 0 saturated heterocycles. The first-order valence-electron chi connectivity index (χ1n) is 10.9. The third kappa shape index (κ3) is 2.87. The van der Waals surface area contributed by atoms with Crippen molar-refractivity contribution in [3.8, 4) is 5.75 Å². The van der Waals surface area contributed by atoms with Gasteiger partial charge in [-0.3, -0.25) is 9.78 Å². The largest absolute Gasteiger partial charge is 0.476 e. The summed E-state index contributed by atoms with van der Waals surface area (Å²) in [5, 5.41) is 25.2. The van der Waals surface area contributed by atoms with Crippen molar-refractivity contribution < 1.29 is 19.7 Å². The van der Waals surface area contributed by atoms with Crippen molar-refractivity contribution in [2.75, 3.05) is 14.1 Å². The molecule has 6 nitrogen and oxygen atoms in total. The molecule has 0 bridgehead atoms. The Hall–Kier alpha value is -2.45. The van der Waals surface area contributed by atoms with Crippen molar-refractivity contribution in [3.63, 3.8) is 0 Å². The third-order valence-electron chi connectivity index (χ3n) is 7.22. The number of carbonyl (C=O) groups excluding carboxylic acids is 1. The van der Waals surface area contributed by atoms with E-state index in [2.05, 4.69) is 20.9 Å². The summed E-state index contributed by atoms with van der Waals surface area (Å²) < 4.78 is 7.49. The maximum Gasteiger partial charge on any atom is 0.228 e. The van der Waals surface area contributed by atoms with Crippen LogP contribution in [0.5, 0.6) is 5.75 Å². The number of fused-ring (bicyclic) bond motifs is 3. The molecular weight excluding hydrogens is 520 g/mol. The molecule has 1 amide bonds. The Morgan fingerprint density at radius 3 is 2.38 bits per heavy atom. The quantitative estimate of drug-likeness (QED) is 0.517. The molecule has 5 rings (SSSR count). The molecule has 2 heterocycles. The van der Waals surface area contributed by atoms with Crippen molar-refractivity contribution in [2.24, 2.45) is 5.92 Å². The zero-order chi connectivity index (χ0) is 24.5. The number of hydrogen-bond acceptors (Lipinski definition) is 5. The molecule has 1 saturated carbocycles. The number of nitrogens with zero attached hydrogens (tertiary/aromatic N) is 2. The minimum absolute atomic E-state index is 0.153. The van der Waals surface area contributed by atoms with E-state index >= 15 is 0 Å². The van der Waals surface area contributed by atoms with E-state index in [-0.39, 0.29) is 17.4 Å². The molecule has 8 heteroatoms. The first-order valence-corrected chi connectivity index (χ1v) is 12.0. The Bertz CT molecular complexity index is 1270. The number of ether oxygens (including phenoxy) is 1. The van der Waals surface area contributed by atoms with Crippen LogP contribution in [-0.4, -0.2) is 45.7 Å². The van der Waals surface area contributed by atoms with Gasteiger partial charge in [0.2, 0.25) is 5.91 Å². The molecule has 34 heavy (non-hydrogen) atoms. The van der Waals surface area contributed by atoms with Gasteiger partial charge in [-0.15, -0.1) is 0 Å². The minimum atomic E-state index is -2.06. The molecule has 176 valence electrons. The second-order valence-electron chi connectivity index (χ2n) is 9.30. The summed E-state index contributed by atoms with van der Waals surface area (Å²) in [5.74, 6) is -1.84. The molecule has 1 aromatic heterocycles. The van der Waals surface area contributed by atoms with Gasteiger partial charge in [0.1, 0.15) is 17.0 Å². The van der Waals surface area contributed by atoms with E-state index < -0.39 is 28.6 Å². The molecule has 0 radical (unpaired) electrons. The maximum absolute atomic E-state index is 13.7. The lowest BCUT2D eigenvalue weighted by molar-refractivity contribution is -0.199. The second-order valence-corrected chi connectivity index (χ2v) is 10.7. The highest BCUT2D eigenvalue weighted by atomic mass is 79.9. The molecule has 0 spiro atoms. The van der Waals surface area contributed by atoms with Gasteiger partial charge in [-0.1, -0.05) is 70.0 Å². The minimum Gasteiger partial charge on any atom is -0.476 e. The zero-order valence-corrected chi connectivity index (χ0v) is 21.2. The van der Waals surface area contributed by atoms with E-state index in [4.69, 9.17) is 16.3 Å². The average Bonchev–Trinajstić information content (AvgIpc) is 3.15. The molecule has 1 aliphatic carbocycles. The Balaban J connectivity index is 1.91. The number of amides is 1. The number of aliphatic hydroxyl groups is 2. The van der Waals surface area contributed by atoms with Crippen LogP contribution in [0.25, 0.3) is 0 Å². The van der Waals surface area contributed by atoms with Gasteiger partial charge in [-0.05, 0) is 30.2 Å². The normalized spacial score (nSPS) is 31.5. The number of pyridine rings is 1. The lowest BCUT2D eigenvalue weighted by Crippen LogP contribution is -2.58. The monoisotopic (exact) mass is 542 g/mol. The van der Waals surface area contributed by atoms with Gasteiger partial charge in [0.15, 0.2) is 11.2 Å². The first-order chi connectivity index (χ1) is 16.1. The lowest BCUT2D eigenvalue weighted by Gasteiger charge is -2.42. The zero-order valence-electron chi connectivity index (χ0n) is 18.9. The number of rotatable bonds is 3. The van der Waals surface area contributed by atoms with Gasteiger partial charge < -0.3 is 19.8 Å². The SMILES string of the molecule is CN(C)C(=O)C1C(c2ccccc2)C2(c3ccc(Br)cc3)Oc3cc(Cl)cnc3C2(O)C1(C)O. The van der Waals surface area contributed by atoms with Gasteiger partial charge in [-0.2, -0.15) is 0 Å². The fraction of sp³-hybridized carbons (Fsp3) is 0.308. The maximum atomic E-state index is 13.7. The highest BCUT2D eigenvalue weighted by Crippen LogP contribution is 2.71. The van der Waals surface area contributed by atoms with Crippen LogP contribution in [0.15, 0.2) is 71.3 Å². The summed E-state index contributed by atoms with van der Waals surface area (Å²) in [6.07, 6.45) is 1.41. The number of benzene rings is 2. The van der Waals surface area contributed by atoms with E-state index in [9.17, 15) is 15.0 Å². The average molecular weight is 544 g/mol. The summed E-state index contributed by atoms with van der Waals surface area (Å²) in [6, 6.07) is 18.3. The van der Waals surface area contributed by atoms with E-state index in [1.165, 1.54) is 18.0 Å². The Morgan fingerprint density at radius 1 is 1.12 bits per heavy atom. The Kier molecular flexibility index (Phi) is 5.33. The number of hydrogen-bond donors (Lipinski definition) is 2. The summed E-state index contributed by atoms with van der Waals surface area (Å²) in [7, 11) is 3.27. The smallest absolute Gasteiger partial charge is 0.228 e. The summed E-state index contributed by atoms with van der Waals surface area (Å²) in [4.78, 5) is 19.5. The Labute approximate surface area is 211 Å². The molecule has 5 unspecified atom stereocenters. The number of halogens is 2. The van der Waals surface area contributed by atoms with Crippen molar-refractivity contribution in [2.45, 2.75) is 29.6 Å². The highest BCUT2D eigenvalue weighted by molar-refractivity contribution is 9.10. The van der Waals surface area contributed by atoms with Crippen LogP contribution in [0.3, 0.4) is 0 Å². The molecule has 2 N–H and O–H groups in total. The molecule has 5 atom stereocenters. The van der Waals surface area contributed by atoms with Crippen LogP contribution in [0.4, 0.5) is 0 Å². The van der Waals surface area contributed by atoms with Crippen LogP contribution in [0.1, 0.15) is 29.7 Å². The second kappa shape index (κ2) is 7.78. The van der Waals surface area contributed by atoms with Crippen LogP contribution < -0.4 is 4.74 Å². The number of carbonyl (C=O) groups is 1. The van der Waals surface area contributed by atoms with Gasteiger partial charge >= 0.3 is 0 Å². The lowest BCUT2D eigenvalue weighted by atomic mass is 9.70. The molecule has 2 aromatic carbocycles. The standard InChI is InChI=1S/C26H24BrClN2O4/c1-24(32)21(23(31)30(2)3)20(15-7-5-4-6-8-15)25(16-9-11-17(27)12-10-16)26(24,33)22-19(34-25)13-18(28)14-29-22/h4-14,20-21,32-33H,1-3H3. The van der Waals surface area contributed by atoms with Crippen LogP contribution in [0.2, 0.25) is 5.02 Å². The van der Waals surface area contributed by atoms with E-state index in [0.29, 0.717) is 10.6 Å². The van der Waals surface area contributed by atoms with Crippen molar-refractivity contribution in [3.05, 3.63) is 93.2 Å². The fourth-order valence-electron chi connectivity index (χ4n) is 5.78. The van der Waals surface area contributed by atoms with E-state index in [1.807, 2.05) is 54.6 Å². The van der Waals surface area contributed by atoms with Gasteiger partial charge in [0, 0.05) is 36.7 Å². The van der Waals surface area contributed by atoms with Crippen molar-refractivity contribution in [1.29, 1.82) is 0 Å². The first kappa shape index (κ1) is 23.3. The van der Waals surface area contributed by atoms with Crippen molar-refractivity contribution in [1.82, 2.24) is 9.88 Å². The molecule has 1 fully saturated rings.